The molecule has 0 saturated carbocycles. The summed E-state index contributed by atoms with van der Waals surface area (Å²) in [5.41, 5.74) is 4.92. The number of morpholine rings is 1. The second-order valence-electron chi connectivity index (χ2n) is 9.12. The van der Waals surface area contributed by atoms with Crippen LogP contribution in [-0.2, 0) is 17.7 Å². The van der Waals surface area contributed by atoms with Gasteiger partial charge in [-0.2, -0.15) is 0 Å². The average molecular weight is 502 g/mol. The minimum atomic E-state index is -0.247. The number of carbonyl (C=O) groups is 2. The minimum Gasteiger partial charge on any atom is -0.378 e. The standard InChI is InChI=1S/C27H31N7O3/c1-3-28-27(36)30-21-8-6-19(7-9-21)24-31-23-17-34(26(35)20-5-4-18(2)29-16-20)11-10-22(23)25(32-24)33-12-14-37-15-13-33/h4-9,16H,3,10-15,17H2,1-2H3,(H2,28,30,36). The van der Waals surface area contributed by atoms with Gasteiger partial charge in [0.1, 0.15) is 5.82 Å². The van der Waals surface area contributed by atoms with Crippen molar-refractivity contribution in [1.82, 2.24) is 25.2 Å². The molecule has 5 rings (SSSR count). The number of ether oxygens (including phenoxy) is 1. The quantitative estimate of drug-likeness (QED) is 0.553. The number of pyridine rings is 1. The summed E-state index contributed by atoms with van der Waals surface area (Å²) in [5.74, 6) is 1.46. The summed E-state index contributed by atoms with van der Waals surface area (Å²) in [6.45, 7) is 8.15. The van der Waals surface area contributed by atoms with Crippen molar-refractivity contribution >= 4 is 23.4 Å². The number of fused-ring (bicyclic) bond motifs is 1. The van der Waals surface area contributed by atoms with Gasteiger partial charge >= 0.3 is 6.03 Å². The number of aromatic nitrogens is 3. The largest absolute Gasteiger partial charge is 0.378 e. The molecule has 0 spiro atoms. The molecule has 2 aliphatic heterocycles. The van der Waals surface area contributed by atoms with Crippen LogP contribution in [0.3, 0.4) is 0 Å². The van der Waals surface area contributed by atoms with Gasteiger partial charge < -0.3 is 25.2 Å². The van der Waals surface area contributed by atoms with Crippen molar-refractivity contribution in [3.63, 3.8) is 0 Å². The molecule has 10 nitrogen and oxygen atoms in total. The highest BCUT2D eigenvalue weighted by molar-refractivity contribution is 5.94. The summed E-state index contributed by atoms with van der Waals surface area (Å²) in [7, 11) is 0. The van der Waals surface area contributed by atoms with E-state index in [0.29, 0.717) is 56.3 Å². The fraction of sp³-hybridized carbons (Fsp3) is 0.370. The molecule has 10 heteroatoms. The number of benzene rings is 1. The fourth-order valence-corrected chi connectivity index (χ4v) is 4.57. The van der Waals surface area contributed by atoms with Gasteiger partial charge in [0.05, 0.1) is 31.0 Å². The summed E-state index contributed by atoms with van der Waals surface area (Å²) >= 11 is 0. The molecule has 0 radical (unpaired) electrons. The van der Waals surface area contributed by atoms with Crippen LogP contribution in [0.15, 0.2) is 42.6 Å². The monoisotopic (exact) mass is 501 g/mol. The van der Waals surface area contributed by atoms with Gasteiger partial charge in [0, 0.05) is 54.9 Å². The highest BCUT2D eigenvalue weighted by atomic mass is 16.5. The van der Waals surface area contributed by atoms with Gasteiger partial charge in [-0.15, -0.1) is 0 Å². The van der Waals surface area contributed by atoms with Gasteiger partial charge in [-0.25, -0.2) is 14.8 Å². The second kappa shape index (κ2) is 10.9. The molecule has 3 amide bonds. The maximum Gasteiger partial charge on any atom is 0.319 e. The Morgan fingerprint density at radius 2 is 1.81 bits per heavy atom. The average Bonchev–Trinajstić information content (AvgIpc) is 2.93. The summed E-state index contributed by atoms with van der Waals surface area (Å²) in [6, 6.07) is 10.9. The van der Waals surface area contributed by atoms with Crippen LogP contribution < -0.4 is 15.5 Å². The Balaban J connectivity index is 1.45. The third kappa shape index (κ3) is 5.54. The van der Waals surface area contributed by atoms with Gasteiger partial charge in [-0.3, -0.25) is 9.78 Å². The lowest BCUT2D eigenvalue weighted by atomic mass is 10.0. The molecule has 192 valence electrons. The fourth-order valence-electron chi connectivity index (χ4n) is 4.57. The molecule has 3 aromatic rings. The van der Waals surface area contributed by atoms with Gasteiger partial charge in [0.25, 0.3) is 5.91 Å². The molecule has 0 bridgehead atoms. The van der Waals surface area contributed by atoms with Gasteiger partial charge in [-0.05, 0) is 56.7 Å². The van der Waals surface area contributed by atoms with Crippen LogP contribution in [0.1, 0.15) is 34.2 Å². The lowest BCUT2D eigenvalue weighted by Crippen LogP contribution is -2.41. The molecule has 2 N–H and O–H groups in total. The number of hydrogen-bond acceptors (Lipinski definition) is 7. The normalized spacial score (nSPS) is 15.2. The maximum atomic E-state index is 13.2. The Kier molecular flexibility index (Phi) is 7.27. The van der Waals surface area contributed by atoms with Gasteiger partial charge in [-0.1, -0.05) is 0 Å². The van der Waals surface area contributed by atoms with Crippen molar-refractivity contribution in [1.29, 1.82) is 0 Å². The molecule has 1 saturated heterocycles. The zero-order chi connectivity index (χ0) is 25.8. The number of nitrogens with zero attached hydrogens (tertiary/aromatic N) is 5. The molecular formula is C27H31N7O3. The second-order valence-corrected chi connectivity index (χ2v) is 9.12. The van der Waals surface area contributed by atoms with E-state index in [2.05, 4.69) is 20.5 Å². The van der Waals surface area contributed by atoms with Crippen molar-refractivity contribution in [2.75, 3.05) is 49.6 Å². The third-order valence-electron chi connectivity index (χ3n) is 6.54. The highest BCUT2D eigenvalue weighted by Gasteiger charge is 2.29. The maximum absolute atomic E-state index is 13.2. The number of anilines is 2. The molecule has 4 heterocycles. The predicted molar refractivity (Wildman–Crippen MR) is 141 cm³/mol. The Morgan fingerprint density at radius 1 is 1.03 bits per heavy atom. The lowest BCUT2D eigenvalue weighted by molar-refractivity contribution is 0.0731. The van der Waals surface area contributed by atoms with Crippen LogP contribution in [0.2, 0.25) is 0 Å². The number of carbonyl (C=O) groups excluding carboxylic acids is 2. The molecule has 0 unspecified atom stereocenters. The van der Waals surface area contributed by atoms with E-state index in [9.17, 15) is 9.59 Å². The summed E-state index contributed by atoms with van der Waals surface area (Å²) in [4.78, 5) is 43.3. The first-order chi connectivity index (χ1) is 18.0. The van der Waals surface area contributed by atoms with E-state index in [4.69, 9.17) is 14.7 Å². The zero-order valence-corrected chi connectivity index (χ0v) is 21.2. The van der Waals surface area contributed by atoms with E-state index in [1.807, 2.05) is 55.1 Å². The van der Waals surface area contributed by atoms with Gasteiger partial charge in [0.2, 0.25) is 0 Å². The number of amides is 3. The van der Waals surface area contributed by atoms with Gasteiger partial charge in [0.15, 0.2) is 5.82 Å². The SMILES string of the molecule is CCNC(=O)Nc1ccc(-c2nc3c(c(N4CCOCC4)n2)CCN(C(=O)c2ccc(C)nc2)C3)cc1. The number of rotatable bonds is 5. The van der Waals surface area contributed by atoms with Crippen LogP contribution >= 0.6 is 0 Å². The lowest BCUT2D eigenvalue weighted by Gasteiger charge is -2.34. The molecule has 37 heavy (non-hydrogen) atoms. The Bertz CT molecular complexity index is 1270. The smallest absolute Gasteiger partial charge is 0.319 e. The molecule has 1 fully saturated rings. The van der Waals surface area contributed by atoms with E-state index in [1.165, 1.54) is 0 Å². The van der Waals surface area contributed by atoms with Crippen molar-refractivity contribution in [2.24, 2.45) is 0 Å². The third-order valence-corrected chi connectivity index (χ3v) is 6.54. The van der Waals surface area contributed by atoms with E-state index in [0.717, 1.165) is 41.4 Å². The Labute approximate surface area is 216 Å². The van der Waals surface area contributed by atoms with Crippen molar-refractivity contribution in [2.45, 2.75) is 26.8 Å². The predicted octanol–water partition coefficient (Wildman–Crippen LogP) is 3.02. The van der Waals surface area contributed by atoms with Crippen molar-refractivity contribution < 1.29 is 14.3 Å². The molecule has 2 aliphatic rings. The van der Waals surface area contributed by atoms with E-state index in [-0.39, 0.29) is 11.9 Å². The molecule has 0 aliphatic carbocycles. The van der Waals surface area contributed by atoms with Crippen LogP contribution in [0.5, 0.6) is 0 Å². The van der Waals surface area contributed by atoms with Crippen LogP contribution in [0.4, 0.5) is 16.3 Å². The molecule has 0 atom stereocenters. The van der Waals surface area contributed by atoms with E-state index >= 15 is 0 Å². The number of aryl methyl sites for hydroxylation is 1. The minimum absolute atomic E-state index is 0.0491. The Morgan fingerprint density at radius 3 is 2.51 bits per heavy atom. The Hall–Kier alpha value is -4.05. The molecular weight excluding hydrogens is 470 g/mol. The topological polar surface area (TPSA) is 113 Å². The van der Waals surface area contributed by atoms with Crippen LogP contribution in [0, 0.1) is 6.92 Å². The van der Waals surface area contributed by atoms with E-state index in [1.54, 1.807) is 6.20 Å². The van der Waals surface area contributed by atoms with Crippen LogP contribution in [-0.4, -0.2) is 71.2 Å². The van der Waals surface area contributed by atoms with E-state index < -0.39 is 0 Å². The number of urea groups is 1. The summed E-state index contributed by atoms with van der Waals surface area (Å²) in [5, 5.41) is 5.53. The van der Waals surface area contributed by atoms with Crippen molar-refractivity contribution in [3.8, 4) is 11.4 Å². The summed E-state index contributed by atoms with van der Waals surface area (Å²) < 4.78 is 5.56. The number of hydrogen-bond donors (Lipinski definition) is 2. The molecule has 2 aromatic heterocycles. The highest BCUT2D eigenvalue weighted by Crippen LogP contribution is 2.31. The number of nitrogens with one attached hydrogen (secondary N) is 2. The zero-order valence-electron chi connectivity index (χ0n) is 21.2. The first-order valence-electron chi connectivity index (χ1n) is 12.6. The first-order valence-corrected chi connectivity index (χ1v) is 12.6. The molecule has 1 aromatic carbocycles. The first kappa shape index (κ1) is 24.6. The van der Waals surface area contributed by atoms with Crippen LogP contribution in [0.25, 0.3) is 11.4 Å². The summed E-state index contributed by atoms with van der Waals surface area (Å²) in [6.07, 6.45) is 2.32. The van der Waals surface area contributed by atoms with Crippen molar-refractivity contribution in [3.05, 3.63) is 65.1 Å².